The molecule has 0 bridgehead atoms. The van der Waals surface area contributed by atoms with Gasteiger partial charge in [-0.15, -0.1) is 0 Å². The summed E-state index contributed by atoms with van der Waals surface area (Å²) < 4.78 is 0. The lowest BCUT2D eigenvalue weighted by molar-refractivity contribution is 0.0465. The van der Waals surface area contributed by atoms with Gasteiger partial charge < -0.3 is 10.0 Å². The molecule has 16 heavy (non-hydrogen) atoms. The van der Waals surface area contributed by atoms with E-state index in [0.717, 1.165) is 0 Å². The first-order valence-corrected chi connectivity index (χ1v) is 7.12. The summed E-state index contributed by atoms with van der Waals surface area (Å²) in [7, 11) is 0. The summed E-state index contributed by atoms with van der Waals surface area (Å²) in [5.74, 6) is 0.475. The summed E-state index contributed by atoms with van der Waals surface area (Å²) in [5.41, 5.74) is 0. The van der Waals surface area contributed by atoms with Crippen LogP contribution in [0.4, 0.5) is 0 Å². The first-order valence-electron chi connectivity index (χ1n) is 7.12. The van der Waals surface area contributed by atoms with Crippen molar-refractivity contribution in [2.75, 3.05) is 13.1 Å². The molecule has 0 aromatic heterocycles. The smallest absolute Gasteiger partial charge is 0.0555 e. The minimum atomic E-state index is -0.155. The van der Waals surface area contributed by atoms with E-state index in [1.165, 1.54) is 51.6 Å². The quantitative estimate of drug-likeness (QED) is 0.722. The van der Waals surface area contributed by atoms with Crippen LogP contribution in [-0.4, -0.2) is 35.2 Å². The Morgan fingerprint density at radius 3 is 2.06 bits per heavy atom. The SMILES string of the molecule is CCCC(C(C)O)C(CCC)N1CCCC1. The first kappa shape index (κ1) is 14.0. The van der Waals surface area contributed by atoms with Crippen molar-refractivity contribution in [2.45, 2.75) is 71.4 Å². The Kier molecular flexibility index (Phi) is 6.37. The van der Waals surface area contributed by atoms with Crippen LogP contribution >= 0.6 is 0 Å². The molecule has 2 nitrogen and oxygen atoms in total. The maximum Gasteiger partial charge on any atom is 0.0555 e. The van der Waals surface area contributed by atoms with Crippen LogP contribution in [0.5, 0.6) is 0 Å². The molecule has 0 aliphatic carbocycles. The van der Waals surface area contributed by atoms with E-state index in [4.69, 9.17) is 0 Å². The summed E-state index contributed by atoms with van der Waals surface area (Å²) >= 11 is 0. The number of aliphatic hydroxyl groups excluding tert-OH is 1. The number of hydrogen-bond acceptors (Lipinski definition) is 2. The second-order valence-electron chi connectivity index (χ2n) is 5.29. The molecule has 1 aliphatic heterocycles. The van der Waals surface area contributed by atoms with Crippen molar-refractivity contribution in [1.29, 1.82) is 0 Å². The monoisotopic (exact) mass is 227 g/mol. The summed E-state index contributed by atoms with van der Waals surface area (Å²) in [5, 5.41) is 9.97. The van der Waals surface area contributed by atoms with E-state index in [2.05, 4.69) is 18.7 Å². The average Bonchev–Trinajstić information content (AvgIpc) is 2.76. The van der Waals surface area contributed by atoms with Gasteiger partial charge in [0.25, 0.3) is 0 Å². The highest BCUT2D eigenvalue weighted by atomic mass is 16.3. The van der Waals surface area contributed by atoms with Crippen LogP contribution in [0.1, 0.15) is 59.3 Å². The lowest BCUT2D eigenvalue weighted by Gasteiger charge is -2.36. The fraction of sp³-hybridized carbons (Fsp3) is 1.00. The van der Waals surface area contributed by atoms with Crippen LogP contribution in [0.3, 0.4) is 0 Å². The molecule has 1 fully saturated rings. The van der Waals surface area contributed by atoms with E-state index in [0.29, 0.717) is 12.0 Å². The Morgan fingerprint density at radius 1 is 1.06 bits per heavy atom. The first-order chi connectivity index (χ1) is 7.70. The maximum absolute atomic E-state index is 9.97. The Hall–Kier alpha value is -0.0800. The molecule has 0 aromatic carbocycles. The van der Waals surface area contributed by atoms with Gasteiger partial charge in [-0.3, -0.25) is 0 Å². The summed E-state index contributed by atoms with van der Waals surface area (Å²) in [6.07, 6.45) is 7.36. The van der Waals surface area contributed by atoms with Gasteiger partial charge in [0.05, 0.1) is 6.10 Å². The third kappa shape index (κ3) is 3.74. The summed E-state index contributed by atoms with van der Waals surface area (Å²) in [4.78, 5) is 2.62. The fourth-order valence-corrected chi connectivity index (χ4v) is 3.12. The van der Waals surface area contributed by atoms with Gasteiger partial charge in [0.2, 0.25) is 0 Å². The topological polar surface area (TPSA) is 23.5 Å². The van der Waals surface area contributed by atoms with Gasteiger partial charge in [0.1, 0.15) is 0 Å². The zero-order valence-corrected chi connectivity index (χ0v) is 11.3. The largest absolute Gasteiger partial charge is 0.393 e. The van der Waals surface area contributed by atoms with E-state index < -0.39 is 0 Å². The zero-order valence-electron chi connectivity index (χ0n) is 11.3. The molecular weight excluding hydrogens is 198 g/mol. The Labute approximate surface area is 101 Å². The molecule has 0 radical (unpaired) electrons. The molecule has 3 atom stereocenters. The van der Waals surface area contributed by atoms with Crippen LogP contribution in [0, 0.1) is 5.92 Å². The summed E-state index contributed by atoms with van der Waals surface area (Å²) in [6, 6.07) is 0.618. The molecule has 3 unspecified atom stereocenters. The number of hydrogen-bond donors (Lipinski definition) is 1. The van der Waals surface area contributed by atoms with E-state index in [1.807, 2.05) is 6.92 Å². The van der Waals surface area contributed by atoms with Crippen LogP contribution in [0.15, 0.2) is 0 Å². The molecule has 2 heteroatoms. The highest BCUT2D eigenvalue weighted by Gasteiger charge is 2.30. The summed E-state index contributed by atoms with van der Waals surface area (Å²) in [6.45, 7) is 8.95. The highest BCUT2D eigenvalue weighted by molar-refractivity contribution is 4.84. The van der Waals surface area contributed by atoms with Crippen molar-refractivity contribution >= 4 is 0 Å². The standard InChI is InChI=1S/C14H29NO/c1-4-8-13(12(3)16)14(9-5-2)15-10-6-7-11-15/h12-14,16H,4-11H2,1-3H3. The number of rotatable bonds is 7. The Bertz CT molecular complexity index is 176. The van der Waals surface area contributed by atoms with Gasteiger partial charge in [-0.25, -0.2) is 0 Å². The average molecular weight is 227 g/mol. The number of likely N-dealkylation sites (tertiary alicyclic amines) is 1. The minimum Gasteiger partial charge on any atom is -0.393 e. The zero-order chi connectivity index (χ0) is 12.0. The van der Waals surface area contributed by atoms with Gasteiger partial charge in [-0.1, -0.05) is 26.7 Å². The molecule has 0 aromatic rings. The highest BCUT2D eigenvalue weighted by Crippen LogP contribution is 2.27. The van der Waals surface area contributed by atoms with Gasteiger partial charge in [0.15, 0.2) is 0 Å². The number of nitrogens with zero attached hydrogens (tertiary/aromatic N) is 1. The predicted molar refractivity (Wildman–Crippen MR) is 69.6 cm³/mol. The Balaban J connectivity index is 2.63. The van der Waals surface area contributed by atoms with Crippen LogP contribution in [-0.2, 0) is 0 Å². The van der Waals surface area contributed by atoms with Crippen molar-refractivity contribution in [3.63, 3.8) is 0 Å². The molecule has 1 saturated heterocycles. The molecule has 1 heterocycles. The van der Waals surface area contributed by atoms with Gasteiger partial charge in [0, 0.05) is 12.0 Å². The van der Waals surface area contributed by atoms with Crippen LogP contribution < -0.4 is 0 Å². The van der Waals surface area contributed by atoms with E-state index >= 15 is 0 Å². The third-order valence-electron chi connectivity index (χ3n) is 3.93. The van der Waals surface area contributed by atoms with Crippen molar-refractivity contribution in [3.8, 4) is 0 Å². The lowest BCUT2D eigenvalue weighted by atomic mass is 9.86. The normalized spacial score (nSPS) is 23.2. The van der Waals surface area contributed by atoms with Crippen molar-refractivity contribution < 1.29 is 5.11 Å². The molecular formula is C14H29NO. The van der Waals surface area contributed by atoms with Crippen molar-refractivity contribution in [3.05, 3.63) is 0 Å². The van der Waals surface area contributed by atoms with Crippen molar-refractivity contribution in [2.24, 2.45) is 5.92 Å². The second-order valence-corrected chi connectivity index (χ2v) is 5.29. The van der Waals surface area contributed by atoms with E-state index in [-0.39, 0.29) is 6.10 Å². The van der Waals surface area contributed by atoms with Gasteiger partial charge >= 0.3 is 0 Å². The molecule has 96 valence electrons. The molecule has 0 saturated carbocycles. The number of aliphatic hydroxyl groups is 1. The van der Waals surface area contributed by atoms with Crippen molar-refractivity contribution in [1.82, 2.24) is 4.90 Å². The van der Waals surface area contributed by atoms with Crippen LogP contribution in [0.25, 0.3) is 0 Å². The molecule has 1 rings (SSSR count). The second kappa shape index (κ2) is 7.29. The van der Waals surface area contributed by atoms with Gasteiger partial charge in [-0.05, 0) is 45.7 Å². The molecule has 0 spiro atoms. The van der Waals surface area contributed by atoms with Crippen LogP contribution in [0.2, 0.25) is 0 Å². The van der Waals surface area contributed by atoms with Gasteiger partial charge in [-0.2, -0.15) is 0 Å². The fourth-order valence-electron chi connectivity index (χ4n) is 3.12. The van der Waals surface area contributed by atoms with E-state index in [9.17, 15) is 5.11 Å². The maximum atomic E-state index is 9.97. The third-order valence-corrected chi connectivity index (χ3v) is 3.93. The molecule has 1 aliphatic rings. The lowest BCUT2D eigenvalue weighted by Crippen LogP contribution is -2.42. The van der Waals surface area contributed by atoms with E-state index in [1.54, 1.807) is 0 Å². The molecule has 1 N–H and O–H groups in total. The predicted octanol–water partition coefficient (Wildman–Crippen LogP) is 3.05. The molecule has 0 amide bonds. The minimum absolute atomic E-state index is 0.155. The Morgan fingerprint density at radius 2 is 1.62 bits per heavy atom.